The first kappa shape index (κ1) is 11.9. The van der Waals surface area contributed by atoms with E-state index >= 15 is 0 Å². The van der Waals surface area contributed by atoms with Crippen molar-refractivity contribution >= 4 is 25.4 Å². The second-order valence-electron chi connectivity index (χ2n) is 2.70. The fourth-order valence-corrected chi connectivity index (χ4v) is 2.11. The maximum Gasteiger partial charge on any atom is 0.284 e. The summed E-state index contributed by atoms with van der Waals surface area (Å²) in [5, 5.41) is 10.5. The summed E-state index contributed by atoms with van der Waals surface area (Å²) in [7, 11) is -3.19. The van der Waals surface area contributed by atoms with Crippen LogP contribution in [0.3, 0.4) is 0 Å². The minimum absolute atomic E-state index is 0.285. The Morgan fingerprint density at radius 1 is 1.31 bits per heavy atom. The van der Waals surface area contributed by atoms with Crippen LogP contribution in [0.5, 0.6) is 0 Å². The molecule has 11 heteroatoms. The molecule has 0 saturated heterocycles. The molecule has 0 fully saturated rings. The smallest absolute Gasteiger partial charge is 0.284 e. The molecule has 1 heterocycles. The molecule has 0 aliphatic rings. The van der Waals surface area contributed by atoms with Gasteiger partial charge in [-0.15, -0.1) is 0 Å². The maximum absolute atomic E-state index is 7.90. The molecular weight excluding hydrogens is 231 g/mol. The van der Waals surface area contributed by atoms with Crippen molar-refractivity contribution in [2.24, 2.45) is 32.5 Å². The highest BCUT2D eigenvalue weighted by Crippen LogP contribution is 2.48. The van der Waals surface area contributed by atoms with E-state index in [1.165, 1.54) is 6.20 Å². The van der Waals surface area contributed by atoms with Crippen LogP contribution in [-0.4, -0.2) is 21.9 Å². The Morgan fingerprint density at radius 2 is 1.88 bits per heavy atom. The minimum Gasteiger partial charge on any atom is -0.370 e. The molecule has 1 aromatic heterocycles. The van der Waals surface area contributed by atoms with Crippen molar-refractivity contribution in [2.75, 3.05) is 5.09 Å². The van der Waals surface area contributed by atoms with Gasteiger partial charge in [0.2, 0.25) is 5.95 Å². The van der Waals surface area contributed by atoms with Crippen molar-refractivity contribution in [2.45, 2.75) is 0 Å². The molecule has 11 N–H and O–H groups in total. The van der Waals surface area contributed by atoms with Crippen molar-refractivity contribution in [3.63, 3.8) is 0 Å². The van der Waals surface area contributed by atoms with Crippen molar-refractivity contribution in [3.8, 4) is 0 Å². The largest absolute Gasteiger partial charge is 0.370 e. The third-order valence-electron chi connectivity index (χ3n) is 1.28. The first-order chi connectivity index (χ1) is 7.41. The SMILES string of the molecule is N=P(N=C(N)N)(N=C(N)N)Nc1ncc[nH]1. The molecule has 0 aromatic carbocycles. The summed E-state index contributed by atoms with van der Waals surface area (Å²) in [6, 6.07) is 0. The van der Waals surface area contributed by atoms with Crippen molar-refractivity contribution < 1.29 is 0 Å². The Bertz CT molecular complexity index is 414. The lowest BCUT2D eigenvalue weighted by molar-refractivity contribution is 1.30. The molecule has 1 aromatic rings. The van der Waals surface area contributed by atoms with Gasteiger partial charge in [0.25, 0.3) is 7.51 Å². The van der Waals surface area contributed by atoms with Crippen molar-refractivity contribution in [1.29, 1.82) is 5.16 Å². The molecular formula is C5H13N10P. The van der Waals surface area contributed by atoms with Gasteiger partial charge in [0.15, 0.2) is 11.9 Å². The average Bonchev–Trinajstić information content (AvgIpc) is 2.51. The standard InChI is InChI=1S/C5H13N10P/c6-3(7)13-16(10,14-4(8)9)15-5-11-1-2-12-5/h1-2H,(H11,6,7,8,9,10,11,12,13,14,15). The van der Waals surface area contributed by atoms with Gasteiger partial charge in [0.1, 0.15) is 0 Å². The zero-order valence-electron chi connectivity index (χ0n) is 8.25. The van der Waals surface area contributed by atoms with Crippen LogP contribution in [0.1, 0.15) is 0 Å². The molecule has 16 heavy (non-hydrogen) atoms. The number of imidazole rings is 1. The van der Waals surface area contributed by atoms with Crippen LogP contribution in [0.25, 0.3) is 0 Å². The van der Waals surface area contributed by atoms with Gasteiger partial charge in [0, 0.05) is 12.4 Å². The molecule has 0 saturated carbocycles. The molecule has 0 amide bonds. The molecule has 0 atom stereocenters. The van der Waals surface area contributed by atoms with Crippen LogP contribution in [-0.2, 0) is 0 Å². The van der Waals surface area contributed by atoms with Gasteiger partial charge in [-0.2, -0.15) is 9.53 Å². The number of hydrogen-bond donors (Lipinski definition) is 7. The predicted molar refractivity (Wildman–Crippen MR) is 63.5 cm³/mol. The molecule has 0 bridgehead atoms. The third kappa shape index (κ3) is 3.50. The van der Waals surface area contributed by atoms with Crippen molar-refractivity contribution in [1.82, 2.24) is 9.97 Å². The monoisotopic (exact) mass is 244 g/mol. The average molecular weight is 244 g/mol. The summed E-state index contributed by atoms with van der Waals surface area (Å²) in [5.74, 6) is -0.266. The van der Waals surface area contributed by atoms with Gasteiger partial charge in [0.05, 0.1) is 0 Å². The summed E-state index contributed by atoms with van der Waals surface area (Å²) in [4.78, 5) is 6.58. The van der Waals surface area contributed by atoms with Gasteiger partial charge in [-0.1, -0.05) is 0 Å². The molecule has 0 aliphatic heterocycles. The lowest BCUT2D eigenvalue weighted by atomic mass is 11.0. The number of H-pyrrole nitrogens is 1. The first-order valence-corrected chi connectivity index (χ1v) is 5.75. The third-order valence-corrected chi connectivity index (χ3v) is 2.84. The lowest BCUT2D eigenvalue weighted by Crippen LogP contribution is -2.25. The Labute approximate surface area is 91.2 Å². The summed E-state index contributed by atoms with van der Waals surface area (Å²) in [5.41, 5.74) is 20.8. The van der Waals surface area contributed by atoms with Gasteiger partial charge < -0.3 is 27.9 Å². The molecule has 0 unspecified atom stereocenters. The maximum atomic E-state index is 7.90. The zero-order valence-corrected chi connectivity index (χ0v) is 9.15. The number of guanidine groups is 2. The van der Waals surface area contributed by atoms with Crippen LogP contribution in [0.4, 0.5) is 5.95 Å². The van der Waals surface area contributed by atoms with E-state index in [1.807, 2.05) is 0 Å². The molecule has 10 nitrogen and oxygen atoms in total. The van der Waals surface area contributed by atoms with Gasteiger partial charge in [-0.25, -0.2) is 4.98 Å². The first-order valence-electron chi connectivity index (χ1n) is 4.05. The van der Waals surface area contributed by atoms with Crippen LogP contribution < -0.4 is 28.0 Å². The number of anilines is 1. The minimum atomic E-state index is -3.19. The molecule has 0 spiro atoms. The Kier molecular flexibility index (Phi) is 3.36. The molecule has 0 radical (unpaired) electrons. The fourth-order valence-electron chi connectivity index (χ4n) is 0.881. The number of nitrogens with one attached hydrogen (secondary N) is 3. The lowest BCUT2D eigenvalue weighted by Gasteiger charge is -2.13. The number of aromatic amines is 1. The van der Waals surface area contributed by atoms with Crippen LogP contribution in [0.15, 0.2) is 21.9 Å². The van der Waals surface area contributed by atoms with E-state index in [-0.39, 0.29) is 11.9 Å². The quantitative estimate of drug-likeness (QED) is 0.199. The van der Waals surface area contributed by atoms with Crippen molar-refractivity contribution in [3.05, 3.63) is 12.4 Å². The van der Waals surface area contributed by atoms with Crippen LogP contribution >= 0.6 is 7.51 Å². The summed E-state index contributed by atoms with van der Waals surface area (Å²) < 4.78 is 7.31. The van der Waals surface area contributed by atoms with Gasteiger partial charge in [-0.05, 0) is 0 Å². The predicted octanol–water partition coefficient (Wildman–Crippen LogP) is -1.11. The number of nitrogens with two attached hydrogens (primary N) is 4. The fraction of sp³-hybridized carbons (Fsp3) is 0. The van der Waals surface area contributed by atoms with Gasteiger partial charge >= 0.3 is 0 Å². The molecule has 0 aliphatic carbocycles. The Hall–Kier alpha value is -2.22. The number of hydrogen-bond acceptors (Lipinski definition) is 2. The summed E-state index contributed by atoms with van der Waals surface area (Å²) in [6.45, 7) is 0. The second-order valence-corrected chi connectivity index (χ2v) is 4.53. The number of nitrogens with zero attached hydrogens (tertiary/aromatic N) is 3. The highest BCUT2D eigenvalue weighted by Gasteiger charge is 2.16. The van der Waals surface area contributed by atoms with E-state index in [0.717, 1.165) is 0 Å². The van der Waals surface area contributed by atoms with E-state index < -0.39 is 7.51 Å². The topological polar surface area (TPSA) is 193 Å². The Morgan fingerprint density at radius 3 is 2.25 bits per heavy atom. The van der Waals surface area contributed by atoms with E-state index in [2.05, 4.69) is 24.6 Å². The van der Waals surface area contributed by atoms with E-state index in [0.29, 0.717) is 5.95 Å². The summed E-state index contributed by atoms with van der Waals surface area (Å²) >= 11 is 0. The zero-order chi connectivity index (χ0) is 12.2. The van der Waals surface area contributed by atoms with Gasteiger partial charge in [-0.3, -0.25) is 10.2 Å². The Balaban J connectivity index is 3.01. The highest BCUT2D eigenvalue weighted by molar-refractivity contribution is 7.64. The van der Waals surface area contributed by atoms with Crippen LogP contribution in [0, 0.1) is 5.16 Å². The second kappa shape index (κ2) is 4.53. The highest BCUT2D eigenvalue weighted by atomic mass is 31.2. The van der Waals surface area contributed by atoms with E-state index in [1.54, 1.807) is 6.20 Å². The van der Waals surface area contributed by atoms with E-state index in [9.17, 15) is 0 Å². The number of rotatable bonds is 4. The number of aromatic nitrogens is 2. The van der Waals surface area contributed by atoms with E-state index in [4.69, 9.17) is 28.1 Å². The summed E-state index contributed by atoms with van der Waals surface area (Å²) in [6.07, 6.45) is 3.06. The normalized spacial score (nSPS) is 10.5. The molecule has 88 valence electrons. The van der Waals surface area contributed by atoms with Crippen LogP contribution in [0.2, 0.25) is 0 Å². The molecule has 1 rings (SSSR count).